The predicted molar refractivity (Wildman–Crippen MR) is 119 cm³/mol. The van der Waals surface area contributed by atoms with E-state index in [-0.39, 0.29) is 24.8 Å². The highest BCUT2D eigenvalue weighted by molar-refractivity contribution is 5.80. The second-order valence-electron chi connectivity index (χ2n) is 7.94. The Labute approximate surface area is 190 Å². The summed E-state index contributed by atoms with van der Waals surface area (Å²) in [7, 11) is 1.61. The van der Waals surface area contributed by atoms with Gasteiger partial charge in [-0.1, -0.05) is 0 Å². The zero-order chi connectivity index (χ0) is 23.2. The molecular formula is C22H28N6O5. The number of methoxy groups -OCH3 is 1. The molecular weight excluding hydrogens is 428 g/mol. The van der Waals surface area contributed by atoms with Crippen LogP contribution in [0.1, 0.15) is 31.2 Å². The third-order valence-electron chi connectivity index (χ3n) is 5.56. The minimum absolute atomic E-state index is 0.0685. The molecule has 0 radical (unpaired) electrons. The number of fused-ring (bicyclic) bond motifs is 1. The third kappa shape index (κ3) is 5.74. The van der Waals surface area contributed by atoms with Crippen molar-refractivity contribution >= 4 is 16.9 Å². The molecule has 1 atom stereocenters. The fourth-order valence-corrected chi connectivity index (χ4v) is 3.96. The lowest BCUT2D eigenvalue weighted by Gasteiger charge is -2.24. The topological polar surface area (TPSA) is 124 Å². The van der Waals surface area contributed by atoms with E-state index in [1.165, 1.54) is 4.68 Å². The number of aromatic nitrogens is 5. The van der Waals surface area contributed by atoms with Crippen molar-refractivity contribution in [1.82, 2.24) is 30.1 Å². The van der Waals surface area contributed by atoms with Gasteiger partial charge in [0, 0.05) is 36.2 Å². The highest BCUT2D eigenvalue weighted by atomic mass is 16.5. The first-order chi connectivity index (χ1) is 16.1. The molecule has 0 spiro atoms. The molecule has 0 aliphatic carbocycles. The normalized spacial score (nSPS) is 15.9. The standard InChI is InChI=1S/C22H28N6O5/c1-3-32-21(29)14-28-20(24-25-26-28)13-27(12-18-5-4-8-33-18)11-16-9-15-10-17(31-2)6-7-19(15)23-22(16)30/h6-7,9-10,18H,3-5,8,11-14H2,1-2H3,(H,23,30)/t18-/m0/s1. The van der Waals surface area contributed by atoms with E-state index < -0.39 is 5.97 Å². The summed E-state index contributed by atoms with van der Waals surface area (Å²) < 4.78 is 17.6. The molecule has 3 heterocycles. The molecule has 1 N–H and O–H groups in total. The number of carbonyl (C=O) groups excluding carboxylic acids is 1. The number of hydrogen-bond donors (Lipinski definition) is 1. The Morgan fingerprint density at radius 1 is 1.33 bits per heavy atom. The van der Waals surface area contributed by atoms with Gasteiger partial charge in [0.05, 0.1) is 26.4 Å². The molecule has 4 rings (SSSR count). The SMILES string of the molecule is CCOC(=O)Cn1nnnc1CN(Cc1cc2cc(OC)ccc2[nH]c1=O)C[C@@H]1CCCO1. The van der Waals surface area contributed by atoms with Crippen LogP contribution in [0.5, 0.6) is 5.75 Å². The zero-order valence-electron chi connectivity index (χ0n) is 18.8. The van der Waals surface area contributed by atoms with Crippen LogP contribution in [0.4, 0.5) is 0 Å². The van der Waals surface area contributed by atoms with Crippen molar-refractivity contribution in [3.05, 3.63) is 46.0 Å². The van der Waals surface area contributed by atoms with Gasteiger partial charge in [-0.3, -0.25) is 14.5 Å². The number of esters is 1. The van der Waals surface area contributed by atoms with Crippen molar-refractivity contribution < 1.29 is 19.0 Å². The molecule has 11 heteroatoms. The maximum Gasteiger partial charge on any atom is 0.327 e. The summed E-state index contributed by atoms with van der Waals surface area (Å²) in [6.45, 7) is 4.03. The minimum atomic E-state index is -0.406. The van der Waals surface area contributed by atoms with Gasteiger partial charge in [0.1, 0.15) is 12.3 Å². The van der Waals surface area contributed by atoms with Crippen molar-refractivity contribution in [3.63, 3.8) is 0 Å². The van der Waals surface area contributed by atoms with Gasteiger partial charge in [-0.15, -0.1) is 5.10 Å². The van der Waals surface area contributed by atoms with Gasteiger partial charge in [-0.2, -0.15) is 0 Å². The van der Waals surface area contributed by atoms with E-state index in [0.29, 0.717) is 31.0 Å². The van der Waals surface area contributed by atoms with Crippen molar-refractivity contribution in [1.29, 1.82) is 0 Å². The van der Waals surface area contributed by atoms with Gasteiger partial charge < -0.3 is 19.2 Å². The van der Waals surface area contributed by atoms with Crippen LogP contribution in [-0.4, -0.2) is 69.0 Å². The maximum atomic E-state index is 12.8. The van der Waals surface area contributed by atoms with Crippen molar-refractivity contribution in [2.45, 2.75) is 45.5 Å². The predicted octanol–water partition coefficient (Wildman–Crippen LogP) is 1.27. The molecule has 0 bridgehead atoms. The number of tetrazole rings is 1. The summed E-state index contributed by atoms with van der Waals surface area (Å²) in [5, 5.41) is 12.6. The number of nitrogens with one attached hydrogen (secondary N) is 1. The second kappa shape index (κ2) is 10.5. The first-order valence-corrected chi connectivity index (χ1v) is 11.0. The van der Waals surface area contributed by atoms with Crippen LogP contribution in [-0.2, 0) is 33.9 Å². The highest BCUT2D eigenvalue weighted by Gasteiger charge is 2.23. The fourth-order valence-electron chi connectivity index (χ4n) is 3.96. The Kier molecular flexibility index (Phi) is 7.30. The molecule has 0 amide bonds. The lowest BCUT2D eigenvalue weighted by Crippen LogP contribution is -2.34. The number of carbonyl (C=O) groups is 1. The molecule has 0 saturated carbocycles. The van der Waals surface area contributed by atoms with Crippen LogP contribution in [0, 0.1) is 0 Å². The van der Waals surface area contributed by atoms with Crippen LogP contribution in [0.25, 0.3) is 10.9 Å². The first kappa shape index (κ1) is 22.9. The molecule has 1 aromatic carbocycles. The Balaban J connectivity index is 1.58. The lowest BCUT2D eigenvalue weighted by molar-refractivity contribution is -0.144. The van der Waals surface area contributed by atoms with Crippen molar-refractivity contribution in [2.75, 3.05) is 26.9 Å². The molecule has 1 saturated heterocycles. The van der Waals surface area contributed by atoms with E-state index in [1.807, 2.05) is 24.3 Å². The summed E-state index contributed by atoms with van der Waals surface area (Å²) in [5.41, 5.74) is 1.20. The fraction of sp³-hybridized carbons (Fsp3) is 0.500. The van der Waals surface area contributed by atoms with Gasteiger partial charge in [0.15, 0.2) is 5.82 Å². The van der Waals surface area contributed by atoms with Gasteiger partial charge in [-0.05, 0) is 54.5 Å². The van der Waals surface area contributed by atoms with Crippen molar-refractivity contribution in [3.8, 4) is 5.75 Å². The molecule has 33 heavy (non-hydrogen) atoms. The Bertz CT molecular complexity index is 1150. The number of H-pyrrole nitrogens is 1. The lowest BCUT2D eigenvalue weighted by atomic mass is 10.1. The van der Waals surface area contributed by atoms with Crippen LogP contribution < -0.4 is 10.3 Å². The van der Waals surface area contributed by atoms with Gasteiger partial charge >= 0.3 is 5.97 Å². The van der Waals surface area contributed by atoms with Gasteiger partial charge in [0.2, 0.25) is 0 Å². The van der Waals surface area contributed by atoms with Crippen LogP contribution in [0.15, 0.2) is 29.1 Å². The number of aromatic amines is 1. The Hall–Kier alpha value is -3.31. The molecule has 3 aromatic rings. The average molecular weight is 457 g/mol. The summed E-state index contributed by atoms with van der Waals surface area (Å²) >= 11 is 0. The molecule has 2 aromatic heterocycles. The number of ether oxygens (including phenoxy) is 3. The summed E-state index contributed by atoms with van der Waals surface area (Å²) in [6.07, 6.45) is 2.03. The monoisotopic (exact) mass is 456 g/mol. The summed E-state index contributed by atoms with van der Waals surface area (Å²) in [5.74, 6) is 0.825. The highest BCUT2D eigenvalue weighted by Crippen LogP contribution is 2.20. The van der Waals surface area contributed by atoms with Gasteiger partial charge in [-0.25, -0.2) is 4.68 Å². The quantitative estimate of drug-likeness (QED) is 0.449. The number of rotatable bonds is 10. The summed E-state index contributed by atoms with van der Waals surface area (Å²) in [6, 6.07) is 7.40. The zero-order valence-corrected chi connectivity index (χ0v) is 18.8. The molecule has 11 nitrogen and oxygen atoms in total. The minimum Gasteiger partial charge on any atom is -0.497 e. The third-order valence-corrected chi connectivity index (χ3v) is 5.56. The van der Waals surface area contributed by atoms with E-state index >= 15 is 0 Å². The average Bonchev–Trinajstić information content (AvgIpc) is 3.46. The van der Waals surface area contributed by atoms with E-state index in [1.54, 1.807) is 14.0 Å². The molecule has 0 unspecified atom stereocenters. The van der Waals surface area contributed by atoms with Crippen LogP contribution >= 0.6 is 0 Å². The first-order valence-electron chi connectivity index (χ1n) is 11.0. The smallest absolute Gasteiger partial charge is 0.327 e. The summed E-state index contributed by atoms with van der Waals surface area (Å²) in [4.78, 5) is 29.7. The molecule has 1 fully saturated rings. The van der Waals surface area contributed by atoms with E-state index in [0.717, 1.165) is 36.1 Å². The Morgan fingerprint density at radius 3 is 2.97 bits per heavy atom. The van der Waals surface area contributed by atoms with Crippen molar-refractivity contribution in [2.24, 2.45) is 0 Å². The largest absolute Gasteiger partial charge is 0.497 e. The number of pyridine rings is 1. The molecule has 1 aliphatic heterocycles. The van der Waals surface area contributed by atoms with Gasteiger partial charge in [0.25, 0.3) is 5.56 Å². The number of benzene rings is 1. The maximum absolute atomic E-state index is 12.8. The second-order valence-corrected chi connectivity index (χ2v) is 7.94. The molecule has 176 valence electrons. The van der Waals surface area contributed by atoms with E-state index in [4.69, 9.17) is 14.2 Å². The van der Waals surface area contributed by atoms with E-state index in [9.17, 15) is 9.59 Å². The molecule has 1 aliphatic rings. The number of hydrogen-bond acceptors (Lipinski definition) is 9. The Morgan fingerprint density at radius 2 is 2.21 bits per heavy atom. The van der Waals surface area contributed by atoms with E-state index in [2.05, 4.69) is 25.4 Å². The van der Waals surface area contributed by atoms with Crippen LogP contribution in [0.2, 0.25) is 0 Å². The number of nitrogens with zero attached hydrogens (tertiary/aromatic N) is 5. The van der Waals surface area contributed by atoms with Crippen LogP contribution in [0.3, 0.4) is 0 Å².